The van der Waals surface area contributed by atoms with E-state index in [9.17, 15) is 8.42 Å². The molecule has 0 bridgehead atoms. The molecule has 2 saturated carbocycles. The van der Waals surface area contributed by atoms with Gasteiger partial charge < -0.3 is 0 Å². The van der Waals surface area contributed by atoms with Crippen LogP contribution in [0.4, 0.5) is 0 Å². The van der Waals surface area contributed by atoms with Crippen molar-refractivity contribution in [3.63, 3.8) is 0 Å². The number of hydrogen-bond acceptors (Lipinski definition) is 3. The molecule has 3 fully saturated rings. The molecule has 0 aromatic rings. The Morgan fingerprint density at radius 3 is 2.50 bits per heavy atom. The molecule has 1 N–H and O–H groups in total. The standard InChI is InChI=1S/C12H21NO2S/c14-16(15)8-13-11-7-10-4-2-1-3-9(10)5-6-12(11)16/h9-13H,1-8H2. The normalized spacial score (nSPS) is 46.8. The zero-order valence-electron chi connectivity index (χ0n) is 9.69. The summed E-state index contributed by atoms with van der Waals surface area (Å²) in [5.74, 6) is 1.83. The van der Waals surface area contributed by atoms with E-state index in [2.05, 4.69) is 5.32 Å². The van der Waals surface area contributed by atoms with Crippen LogP contribution in [-0.2, 0) is 9.84 Å². The summed E-state index contributed by atoms with van der Waals surface area (Å²) in [6.07, 6.45) is 8.53. The van der Waals surface area contributed by atoms with Gasteiger partial charge in [0, 0.05) is 6.04 Å². The number of hydrogen-bond donors (Lipinski definition) is 1. The maximum Gasteiger partial charge on any atom is 0.167 e. The van der Waals surface area contributed by atoms with Gasteiger partial charge in [0.05, 0.1) is 11.1 Å². The lowest BCUT2D eigenvalue weighted by molar-refractivity contribution is 0.216. The second-order valence-corrected chi connectivity index (χ2v) is 7.99. The SMILES string of the molecule is O=S1(=O)CNC2CC3CCCCC3CCC21. The van der Waals surface area contributed by atoms with Crippen LogP contribution < -0.4 is 5.32 Å². The van der Waals surface area contributed by atoms with Crippen molar-refractivity contribution in [2.24, 2.45) is 11.8 Å². The molecule has 3 aliphatic rings. The lowest BCUT2D eigenvalue weighted by atomic mass is 9.76. The quantitative estimate of drug-likeness (QED) is 0.704. The molecular weight excluding hydrogens is 222 g/mol. The van der Waals surface area contributed by atoms with E-state index >= 15 is 0 Å². The smallest absolute Gasteiger partial charge is 0.167 e. The first kappa shape index (κ1) is 11.0. The monoisotopic (exact) mass is 243 g/mol. The van der Waals surface area contributed by atoms with Gasteiger partial charge in [-0.3, -0.25) is 5.32 Å². The zero-order valence-corrected chi connectivity index (χ0v) is 10.5. The van der Waals surface area contributed by atoms with E-state index in [0.29, 0.717) is 0 Å². The molecule has 4 unspecified atom stereocenters. The van der Waals surface area contributed by atoms with Gasteiger partial charge in [0.1, 0.15) is 0 Å². The zero-order chi connectivity index (χ0) is 11.2. The molecule has 2 aliphatic carbocycles. The van der Waals surface area contributed by atoms with Crippen LogP contribution in [0.5, 0.6) is 0 Å². The molecule has 1 heterocycles. The third-order valence-electron chi connectivity index (χ3n) is 4.90. The summed E-state index contributed by atoms with van der Waals surface area (Å²) in [7, 11) is -2.82. The molecule has 3 nitrogen and oxygen atoms in total. The fourth-order valence-corrected chi connectivity index (χ4v) is 5.87. The van der Waals surface area contributed by atoms with Crippen LogP contribution >= 0.6 is 0 Å². The van der Waals surface area contributed by atoms with Crippen LogP contribution in [0.1, 0.15) is 44.9 Å². The fourth-order valence-electron chi connectivity index (χ4n) is 4.01. The van der Waals surface area contributed by atoms with Crippen LogP contribution in [0.3, 0.4) is 0 Å². The first-order chi connectivity index (χ1) is 7.67. The number of fused-ring (bicyclic) bond motifs is 2. The fraction of sp³-hybridized carbons (Fsp3) is 1.00. The number of sulfone groups is 1. The third kappa shape index (κ3) is 1.80. The maximum absolute atomic E-state index is 11.9. The molecule has 0 aromatic carbocycles. The van der Waals surface area contributed by atoms with Gasteiger partial charge in [-0.1, -0.05) is 25.7 Å². The molecule has 92 valence electrons. The highest BCUT2D eigenvalue weighted by molar-refractivity contribution is 7.92. The van der Waals surface area contributed by atoms with Crippen molar-refractivity contribution < 1.29 is 8.42 Å². The minimum atomic E-state index is -2.82. The van der Waals surface area contributed by atoms with Crippen molar-refractivity contribution in [2.75, 3.05) is 5.88 Å². The van der Waals surface area contributed by atoms with Gasteiger partial charge in [0.2, 0.25) is 0 Å². The molecule has 1 aliphatic heterocycles. The second-order valence-electron chi connectivity index (χ2n) is 5.77. The van der Waals surface area contributed by atoms with Crippen LogP contribution in [0.25, 0.3) is 0 Å². The van der Waals surface area contributed by atoms with Gasteiger partial charge in [0.25, 0.3) is 0 Å². The van der Waals surface area contributed by atoms with Crippen molar-refractivity contribution in [1.82, 2.24) is 5.32 Å². The molecule has 0 amide bonds. The van der Waals surface area contributed by atoms with Crippen LogP contribution in [0.15, 0.2) is 0 Å². The van der Waals surface area contributed by atoms with Crippen LogP contribution in [0.2, 0.25) is 0 Å². The Hall–Kier alpha value is -0.0900. The number of rotatable bonds is 0. The third-order valence-corrected chi connectivity index (χ3v) is 6.96. The topological polar surface area (TPSA) is 46.2 Å². The van der Waals surface area contributed by atoms with Gasteiger partial charge in [-0.25, -0.2) is 8.42 Å². The second kappa shape index (κ2) is 3.98. The van der Waals surface area contributed by atoms with E-state index in [1.54, 1.807) is 0 Å². The van der Waals surface area contributed by atoms with Crippen molar-refractivity contribution in [1.29, 1.82) is 0 Å². The molecule has 0 aromatic heterocycles. The highest BCUT2D eigenvalue weighted by Gasteiger charge is 2.44. The van der Waals surface area contributed by atoms with Gasteiger partial charge in [0.15, 0.2) is 9.84 Å². The predicted molar refractivity (Wildman–Crippen MR) is 63.8 cm³/mol. The highest BCUT2D eigenvalue weighted by Crippen LogP contribution is 2.41. The lowest BCUT2D eigenvalue weighted by Crippen LogP contribution is -2.32. The van der Waals surface area contributed by atoms with Crippen molar-refractivity contribution in [3.05, 3.63) is 0 Å². The molecular formula is C12H21NO2S. The predicted octanol–water partition coefficient (Wildman–Crippen LogP) is 1.69. The first-order valence-corrected chi connectivity index (χ1v) is 8.33. The molecule has 4 atom stereocenters. The summed E-state index contributed by atoms with van der Waals surface area (Å²) in [4.78, 5) is 0. The van der Waals surface area contributed by atoms with Crippen molar-refractivity contribution in [3.8, 4) is 0 Å². The molecule has 16 heavy (non-hydrogen) atoms. The van der Waals surface area contributed by atoms with E-state index in [1.807, 2.05) is 0 Å². The van der Waals surface area contributed by atoms with Gasteiger partial charge in [-0.2, -0.15) is 0 Å². The maximum atomic E-state index is 11.9. The largest absolute Gasteiger partial charge is 0.300 e. The summed E-state index contributed by atoms with van der Waals surface area (Å²) in [5.41, 5.74) is 0. The summed E-state index contributed by atoms with van der Waals surface area (Å²) < 4.78 is 23.8. The Morgan fingerprint density at radius 1 is 0.938 bits per heavy atom. The van der Waals surface area contributed by atoms with Gasteiger partial charge >= 0.3 is 0 Å². The molecule has 0 spiro atoms. The van der Waals surface area contributed by atoms with E-state index in [1.165, 1.54) is 25.7 Å². The summed E-state index contributed by atoms with van der Waals surface area (Å²) in [5, 5.41) is 3.16. The molecule has 3 rings (SSSR count). The van der Waals surface area contributed by atoms with Gasteiger partial charge in [-0.05, 0) is 31.1 Å². The lowest BCUT2D eigenvalue weighted by Gasteiger charge is -2.30. The summed E-state index contributed by atoms with van der Waals surface area (Å²) >= 11 is 0. The number of nitrogens with one attached hydrogen (secondary N) is 1. The van der Waals surface area contributed by atoms with E-state index in [0.717, 1.165) is 31.1 Å². The minimum Gasteiger partial charge on any atom is -0.300 e. The first-order valence-electron chi connectivity index (χ1n) is 6.62. The molecule has 1 saturated heterocycles. The average Bonchev–Trinajstić information content (AvgIpc) is 2.48. The molecule has 0 radical (unpaired) electrons. The van der Waals surface area contributed by atoms with Gasteiger partial charge in [-0.15, -0.1) is 0 Å². The Kier molecular flexibility index (Phi) is 2.75. The van der Waals surface area contributed by atoms with Crippen LogP contribution in [-0.4, -0.2) is 25.6 Å². The Morgan fingerprint density at radius 2 is 1.69 bits per heavy atom. The van der Waals surface area contributed by atoms with Crippen molar-refractivity contribution >= 4 is 9.84 Å². The van der Waals surface area contributed by atoms with Crippen LogP contribution in [0, 0.1) is 11.8 Å². The Balaban J connectivity index is 1.81. The average molecular weight is 243 g/mol. The summed E-state index contributed by atoms with van der Waals surface area (Å²) in [6, 6.07) is 0.262. The highest BCUT2D eigenvalue weighted by atomic mass is 32.2. The van der Waals surface area contributed by atoms with E-state index in [4.69, 9.17) is 0 Å². The Labute approximate surface area is 97.9 Å². The minimum absolute atomic E-state index is 0.0712. The van der Waals surface area contributed by atoms with E-state index in [-0.39, 0.29) is 17.2 Å². The Bertz CT molecular complexity index is 365. The summed E-state index contributed by atoms with van der Waals surface area (Å²) in [6.45, 7) is 0. The molecule has 4 heteroatoms. The van der Waals surface area contributed by atoms with Crippen molar-refractivity contribution in [2.45, 2.75) is 56.2 Å². The van der Waals surface area contributed by atoms with E-state index < -0.39 is 9.84 Å².